The van der Waals surface area contributed by atoms with Crippen LogP contribution in [0.3, 0.4) is 0 Å². The van der Waals surface area contributed by atoms with Gasteiger partial charge in [-0.1, -0.05) is 36.4 Å². The first-order chi connectivity index (χ1) is 13.6. The minimum absolute atomic E-state index is 0.0197. The third kappa shape index (κ3) is 4.70. The highest BCUT2D eigenvalue weighted by molar-refractivity contribution is 5.94. The standard InChI is InChI=1S/C22H27N3O3/c1-17(21(26)23-16-19-10-6-7-11-20(19)28-2)24-12-14-25(15-13-24)22(27)18-8-4-3-5-9-18/h3-11,17H,12-16H2,1-2H3,(H,23,26). The summed E-state index contributed by atoms with van der Waals surface area (Å²) in [4.78, 5) is 29.1. The van der Waals surface area contributed by atoms with Crippen LogP contribution in [-0.2, 0) is 11.3 Å². The molecular weight excluding hydrogens is 354 g/mol. The highest BCUT2D eigenvalue weighted by Crippen LogP contribution is 2.17. The maximum Gasteiger partial charge on any atom is 0.253 e. The first-order valence-corrected chi connectivity index (χ1v) is 9.58. The number of carbonyl (C=O) groups is 2. The van der Waals surface area contributed by atoms with E-state index < -0.39 is 0 Å². The van der Waals surface area contributed by atoms with Crippen molar-refractivity contribution in [2.75, 3.05) is 33.3 Å². The molecule has 0 spiro atoms. The summed E-state index contributed by atoms with van der Waals surface area (Å²) in [6.07, 6.45) is 0. The van der Waals surface area contributed by atoms with Gasteiger partial charge in [-0.15, -0.1) is 0 Å². The van der Waals surface area contributed by atoms with Crippen molar-refractivity contribution in [2.24, 2.45) is 0 Å². The largest absolute Gasteiger partial charge is 0.496 e. The number of amides is 2. The average Bonchev–Trinajstić information content (AvgIpc) is 2.77. The van der Waals surface area contributed by atoms with E-state index in [4.69, 9.17) is 4.74 Å². The second-order valence-corrected chi connectivity index (χ2v) is 6.90. The number of ether oxygens (including phenoxy) is 1. The van der Waals surface area contributed by atoms with E-state index in [9.17, 15) is 9.59 Å². The van der Waals surface area contributed by atoms with Gasteiger partial charge in [-0.25, -0.2) is 0 Å². The molecule has 6 nitrogen and oxygen atoms in total. The molecule has 1 atom stereocenters. The molecule has 0 aliphatic carbocycles. The number of para-hydroxylation sites is 1. The normalized spacial score (nSPS) is 15.7. The fraction of sp³-hybridized carbons (Fsp3) is 0.364. The Hall–Kier alpha value is -2.86. The first-order valence-electron chi connectivity index (χ1n) is 9.58. The Morgan fingerprint density at radius 1 is 1.00 bits per heavy atom. The lowest BCUT2D eigenvalue weighted by atomic mass is 10.1. The Morgan fingerprint density at radius 3 is 2.32 bits per heavy atom. The summed E-state index contributed by atoms with van der Waals surface area (Å²) in [5.74, 6) is 0.797. The maximum absolute atomic E-state index is 12.6. The molecule has 1 aliphatic heterocycles. The number of benzene rings is 2. The molecular formula is C22H27N3O3. The zero-order valence-electron chi connectivity index (χ0n) is 16.4. The van der Waals surface area contributed by atoms with Crippen LogP contribution in [-0.4, -0.2) is 60.9 Å². The summed E-state index contributed by atoms with van der Waals surface area (Å²) in [5.41, 5.74) is 1.65. The molecule has 2 aromatic rings. The quantitative estimate of drug-likeness (QED) is 0.833. The van der Waals surface area contributed by atoms with Crippen molar-refractivity contribution >= 4 is 11.8 Å². The summed E-state index contributed by atoms with van der Waals surface area (Å²) in [6.45, 7) is 4.95. The number of nitrogens with zero attached hydrogens (tertiary/aromatic N) is 2. The molecule has 1 aliphatic rings. The predicted octanol–water partition coefficient (Wildman–Crippen LogP) is 2.16. The smallest absolute Gasteiger partial charge is 0.253 e. The van der Waals surface area contributed by atoms with Gasteiger partial charge in [0, 0.05) is 43.9 Å². The van der Waals surface area contributed by atoms with Crippen LogP contribution in [0.4, 0.5) is 0 Å². The molecule has 28 heavy (non-hydrogen) atoms. The minimum atomic E-state index is -0.247. The zero-order chi connectivity index (χ0) is 19.9. The summed E-state index contributed by atoms with van der Waals surface area (Å²) >= 11 is 0. The van der Waals surface area contributed by atoms with Gasteiger partial charge in [0.25, 0.3) is 5.91 Å². The van der Waals surface area contributed by atoms with Crippen LogP contribution < -0.4 is 10.1 Å². The molecule has 1 N–H and O–H groups in total. The number of methoxy groups -OCH3 is 1. The van der Waals surface area contributed by atoms with Crippen LogP contribution in [0.5, 0.6) is 5.75 Å². The molecule has 0 aromatic heterocycles. The maximum atomic E-state index is 12.6. The number of carbonyl (C=O) groups excluding carboxylic acids is 2. The Balaban J connectivity index is 1.49. The Kier molecular flexibility index (Phi) is 6.66. The third-order valence-electron chi connectivity index (χ3n) is 5.19. The Bertz CT molecular complexity index is 802. The van der Waals surface area contributed by atoms with E-state index in [2.05, 4.69) is 10.2 Å². The SMILES string of the molecule is COc1ccccc1CNC(=O)C(C)N1CCN(C(=O)c2ccccc2)CC1. The molecule has 0 radical (unpaired) electrons. The van der Waals surface area contributed by atoms with E-state index in [1.165, 1.54) is 0 Å². The summed E-state index contributed by atoms with van der Waals surface area (Å²) in [6, 6.07) is 16.7. The van der Waals surface area contributed by atoms with Crippen molar-refractivity contribution in [3.05, 3.63) is 65.7 Å². The van der Waals surface area contributed by atoms with Crippen LogP contribution in [0, 0.1) is 0 Å². The fourth-order valence-electron chi connectivity index (χ4n) is 3.42. The van der Waals surface area contributed by atoms with Crippen molar-refractivity contribution in [1.29, 1.82) is 0 Å². The molecule has 1 saturated heterocycles. The van der Waals surface area contributed by atoms with E-state index in [1.54, 1.807) is 7.11 Å². The molecule has 0 bridgehead atoms. The van der Waals surface area contributed by atoms with Gasteiger partial charge in [0.05, 0.1) is 13.2 Å². The monoisotopic (exact) mass is 381 g/mol. The van der Waals surface area contributed by atoms with Gasteiger partial charge < -0.3 is 15.0 Å². The lowest BCUT2D eigenvalue weighted by molar-refractivity contribution is -0.126. The molecule has 2 aromatic carbocycles. The first kappa shape index (κ1) is 19.9. The molecule has 1 unspecified atom stereocenters. The van der Waals surface area contributed by atoms with E-state index in [1.807, 2.05) is 66.4 Å². The van der Waals surface area contributed by atoms with Gasteiger partial charge >= 0.3 is 0 Å². The van der Waals surface area contributed by atoms with Crippen LogP contribution in [0.15, 0.2) is 54.6 Å². The van der Waals surface area contributed by atoms with Crippen LogP contribution >= 0.6 is 0 Å². The summed E-state index contributed by atoms with van der Waals surface area (Å²) in [5, 5.41) is 2.99. The lowest BCUT2D eigenvalue weighted by Crippen LogP contribution is -2.54. The van der Waals surface area contributed by atoms with Crippen LogP contribution in [0.2, 0.25) is 0 Å². The average molecular weight is 381 g/mol. The molecule has 3 rings (SSSR count). The van der Waals surface area contributed by atoms with Gasteiger partial charge in [-0.3, -0.25) is 14.5 Å². The van der Waals surface area contributed by atoms with Crippen LogP contribution in [0.25, 0.3) is 0 Å². The van der Waals surface area contributed by atoms with Crippen molar-refractivity contribution in [3.63, 3.8) is 0 Å². The Morgan fingerprint density at radius 2 is 1.64 bits per heavy atom. The van der Waals surface area contributed by atoms with Gasteiger partial charge in [-0.2, -0.15) is 0 Å². The zero-order valence-corrected chi connectivity index (χ0v) is 16.4. The fourth-order valence-corrected chi connectivity index (χ4v) is 3.42. The summed E-state index contributed by atoms with van der Waals surface area (Å²) in [7, 11) is 1.62. The predicted molar refractivity (Wildman–Crippen MR) is 108 cm³/mol. The number of piperazine rings is 1. The highest BCUT2D eigenvalue weighted by Gasteiger charge is 2.27. The van der Waals surface area contributed by atoms with Crippen molar-refractivity contribution < 1.29 is 14.3 Å². The van der Waals surface area contributed by atoms with E-state index in [-0.39, 0.29) is 17.9 Å². The number of hydrogen-bond acceptors (Lipinski definition) is 4. The topological polar surface area (TPSA) is 61.9 Å². The molecule has 2 amide bonds. The third-order valence-corrected chi connectivity index (χ3v) is 5.19. The van der Waals surface area contributed by atoms with Crippen molar-refractivity contribution in [2.45, 2.75) is 19.5 Å². The molecule has 6 heteroatoms. The van der Waals surface area contributed by atoms with Gasteiger partial charge in [0.2, 0.25) is 5.91 Å². The van der Waals surface area contributed by atoms with Gasteiger partial charge in [0.1, 0.15) is 5.75 Å². The molecule has 0 saturated carbocycles. The van der Waals surface area contributed by atoms with Crippen molar-refractivity contribution in [3.8, 4) is 5.75 Å². The number of rotatable bonds is 6. The minimum Gasteiger partial charge on any atom is -0.496 e. The number of nitrogens with one attached hydrogen (secondary N) is 1. The van der Waals surface area contributed by atoms with E-state index in [0.717, 1.165) is 11.3 Å². The van der Waals surface area contributed by atoms with E-state index >= 15 is 0 Å². The second kappa shape index (κ2) is 9.37. The van der Waals surface area contributed by atoms with E-state index in [0.29, 0.717) is 38.3 Å². The molecule has 1 heterocycles. The van der Waals surface area contributed by atoms with Crippen LogP contribution in [0.1, 0.15) is 22.8 Å². The molecule has 1 fully saturated rings. The number of hydrogen-bond donors (Lipinski definition) is 1. The molecule has 148 valence electrons. The highest BCUT2D eigenvalue weighted by atomic mass is 16.5. The lowest BCUT2D eigenvalue weighted by Gasteiger charge is -2.37. The summed E-state index contributed by atoms with van der Waals surface area (Å²) < 4.78 is 5.33. The van der Waals surface area contributed by atoms with Crippen molar-refractivity contribution in [1.82, 2.24) is 15.1 Å². The van der Waals surface area contributed by atoms with Gasteiger partial charge in [-0.05, 0) is 25.1 Å². The second-order valence-electron chi connectivity index (χ2n) is 6.90. The van der Waals surface area contributed by atoms with Gasteiger partial charge in [0.15, 0.2) is 0 Å². The Labute approximate surface area is 166 Å².